The van der Waals surface area contributed by atoms with E-state index in [-0.39, 0.29) is 32.1 Å². The van der Waals surface area contributed by atoms with Gasteiger partial charge in [-0.25, -0.2) is 15.0 Å². The SMILES string of the molecule is C.C.C[C@H]1CCCN(c2nc(-c3ccc(O)cc3O)cs2)C1.Cc1ccc(-c2nc(-c3c[nH]c4ccccc34)cs2)cc1.Oc1ccc(-c2csc(C3=CCc4ccccc43)n2)cc1. The molecule has 11 rings (SSSR count). The van der Waals surface area contributed by atoms with Gasteiger partial charge in [-0.1, -0.05) is 100 Å². The Balaban J connectivity index is 0.000000141. The minimum Gasteiger partial charge on any atom is -0.508 e. The summed E-state index contributed by atoms with van der Waals surface area (Å²) in [5, 5.41) is 39.1. The number of H-pyrrole nitrogens is 1. The molecule has 0 unspecified atom stereocenters. The van der Waals surface area contributed by atoms with Gasteiger partial charge in [-0.05, 0) is 85.7 Å². The first-order valence-electron chi connectivity index (χ1n) is 20.6. The maximum atomic E-state index is 9.90. The number of para-hydroxylation sites is 1. The topological polar surface area (TPSA) is 118 Å². The Morgan fingerprint density at radius 3 is 2.12 bits per heavy atom. The number of anilines is 1. The molecule has 9 aromatic rings. The van der Waals surface area contributed by atoms with Crippen molar-refractivity contribution in [1.29, 1.82) is 0 Å². The van der Waals surface area contributed by atoms with Gasteiger partial charge >= 0.3 is 0 Å². The van der Waals surface area contributed by atoms with Gasteiger partial charge in [0.15, 0.2) is 5.13 Å². The number of hydrogen-bond donors (Lipinski definition) is 4. The number of piperidine rings is 1. The Morgan fingerprint density at radius 1 is 0.656 bits per heavy atom. The van der Waals surface area contributed by atoms with Crippen molar-refractivity contribution in [3.05, 3.63) is 165 Å². The molecule has 0 radical (unpaired) electrons. The van der Waals surface area contributed by atoms with Crippen molar-refractivity contribution in [1.82, 2.24) is 19.9 Å². The lowest BCUT2D eigenvalue weighted by molar-refractivity contribution is 0.446. The van der Waals surface area contributed by atoms with E-state index in [1.807, 2.05) is 29.8 Å². The first kappa shape index (κ1) is 45.5. The summed E-state index contributed by atoms with van der Waals surface area (Å²) in [7, 11) is 0. The number of thiazole rings is 3. The van der Waals surface area contributed by atoms with E-state index < -0.39 is 0 Å². The largest absolute Gasteiger partial charge is 0.508 e. The van der Waals surface area contributed by atoms with Gasteiger partial charge in [-0.15, -0.1) is 34.0 Å². The molecule has 4 aromatic heterocycles. The van der Waals surface area contributed by atoms with Gasteiger partial charge in [-0.3, -0.25) is 0 Å². The average Bonchev–Trinajstić information content (AvgIpc) is 4.15. The Labute approximate surface area is 387 Å². The van der Waals surface area contributed by atoms with Gasteiger partial charge in [0.05, 0.1) is 17.1 Å². The van der Waals surface area contributed by atoms with E-state index in [1.165, 1.54) is 57.7 Å². The number of aromatic nitrogens is 4. The van der Waals surface area contributed by atoms with Gasteiger partial charge < -0.3 is 25.2 Å². The Bertz CT molecular complexity index is 2980. The minimum atomic E-state index is 0. The molecular formula is C53H53N5O3S3. The van der Waals surface area contributed by atoms with E-state index in [1.54, 1.807) is 58.3 Å². The lowest BCUT2D eigenvalue weighted by Crippen LogP contribution is -2.34. The van der Waals surface area contributed by atoms with Crippen molar-refractivity contribution in [2.45, 2.75) is 48.0 Å². The highest BCUT2D eigenvalue weighted by atomic mass is 32.1. The zero-order chi connectivity index (χ0) is 42.6. The van der Waals surface area contributed by atoms with Crippen molar-refractivity contribution in [3.63, 3.8) is 0 Å². The second kappa shape index (κ2) is 20.3. The number of phenolic OH excluding ortho intramolecular Hbond substituents is 3. The third-order valence-corrected chi connectivity index (χ3v) is 13.7. The number of rotatable bonds is 6. The standard InChI is InChI=1S/C18H14N2S.C18H13NOS.C15H18N2O2S.2CH4/c1-12-6-8-13(9-7-12)18-20-17(11-21-18)15-10-19-16-5-3-2-4-14(15)16;20-14-8-5-13(6-9-14)17-11-21-18(19-17)16-10-7-12-3-1-2-4-15(12)16;1-10-3-2-6-17(8-10)15-16-13(9-20-15)12-5-4-11(18)7-14(12)19;;/h2-11,19H,1H3;1-6,8-11,20H,7H2;4-5,7,9-10,18-19H,2-3,6,8H2,1H3;2*1H4/t;;10-;;/m..0../s1. The fourth-order valence-electron chi connectivity index (χ4n) is 7.79. The van der Waals surface area contributed by atoms with E-state index in [4.69, 9.17) is 9.97 Å². The molecule has 1 atom stereocenters. The molecule has 0 amide bonds. The third kappa shape index (κ3) is 10.1. The van der Waals surface area contributed by atoms with Crippen LogP contribution in [0.3, 0.4) is 0 Å². The van der Waals surface area contributed by atoms with Crippen LogP contribution < -0.4 is 4.90 Å². The van der Waals surface area contributed by atoms with Gasteiger partial charge in [0.25, 0.3) is 0 Å². The Morgan fingerprint density at radius 2 is 1.33 bits per heavy atom. The number of nitrogens with zero attached hydrogens (tertiary/aromatic N) is 4. The third-order valence-electron chi connectivity index (χ3n) is 11.1. The molecule has 1 saturated heterocycles. The molecule has 2 aliphatic rings. The summed E-state index contributed by atoms with van der Waals surface area (Å²) in [6.45, 7) is 6.48. The second-order valence-electron chi connectivity index (χ2n) is 15.6. The number of allylic oxidation sites excluding steroid dienone is 1. The van der Waals surface area contributed by atoms with Crippen LogP contribution in [0, 0.1) is 12.8 Å². The fourth-order valence-corrected chi connectivity index (χ4v) is 10.4. The maximum Gasteiger partial charge on any atom is 0.185 e. The molecule has 4 N–H and O–H groups in total. The summed E-state index contributed by atoms with van der Waals surface area (Å²) in [5.41, 5.74) is 13.1. The van der Waals surface area contributed by atoms with Crippen LogP contribution in [0.15, 0.2) is 144 Å². The van der Waals surface area contributed by atoms with Gasteiger partial charge in [-0.2, -0.15) is 0 Å². The van der Waals surface area contributed by atoms with Gasteiger partial charge in [0.2, 0.25) is 0 Å². The molecule has 0 bridgehead atoms. The molecule has 1 aliphatic heterocycles. The molecular weight excluding hydrogens is 851 g/mol. The molecule has 64 heavy (non-hydrogen) atoms. The minimum absolute atomic E-state index is 0. The summed E-state index contributed by atoms with van der Waals surface area (Å²) >= 11 is 4.96. The molecule has 1 fully saturated rings. The molecule has 5 aromatic carbocycles. The predicted molar refractivity (Wildman–Crippen MR) is 271 cm³/mol. The van der Waals surface area contributed by atoms with Crippen LogP contribution in [0.1, 0.15) is 56.3 Å². The number of aryl methyl sites for hydroxylation is 1. The van der Waals surface area contributed by atoms with E-state index in [2.05, 4.69) is 112 Å². The number of aromatic amines is 1. The Hall–Kier alpha value is -6.53. The van der Waals surface area contributed by atoms with E-state index in [0.29, 0.717) is 11.5 Å². The van der Waals surface area contributed by atoms with Crippen molar-refractivity contribution < 1.29 is 15.3 Å². The Kier molecular flexibility index (Phi) is 14.4. The zero-order valence-corrected chi connectivity index (χ0v) is 36.8. The zero-order valence-electron chi connectivity index (χ0n) is 34.3. The average molecular weight is 904 g/mol. The number of phenols is 3. The number of nitrogens with one attached hydrogen (secondary N) is 1. The highest BCUT2D eigenvalue weighted by Gasteiger charge is 2.21. The maximum absolute atomic E-state index is 9.90. The van der Waals surface area contributed by atoms with Gasteiger partial charge in [0.1, 0.15) is 27.3 Å². The summed E-state index contributed by atoms with van der Waals surface area (Å²) in [5.74, 6) is 1.11. The van der Waals surface area contributed by atoms with Crippen molar-refractivity contribution >= 4 is 55.6 Å². The molecule has 8 nitrogen and oxygen atoms in total. The molecule has 11 heteroatoms. The second-order valence-corrected chi connectivity index (χ2v) is 18.2. The molecule has 326 valence electrons. The lowest BCUT2D eigenvalue weighted by atomic mass is 10.0. The van der Waals surface area contributed by atoms with Crippen LogP contribution >= 0.6 is 34.0 Å². The van der Waals surface area contributed by atoms with Crippen molar-refractivity contribution in [3.8, 4) is 61.6 Å². The number of benzene rings is 5. The highest BCUT2D eigenvalue weighted by molar-refractivity contribution is 7.14. The van der Waals surface area contributed by atoms with Crippen LogP contribution in [-0.2, 0) is 6.42 Å². The smallest absolute Gasteiger partial charge is 0.185 e. The summed E-state index contributed by atoms with van der Waals surface area (Å²) in [6, 6.07) is 37.1. The van der Waals surface area contributed by atoms with Crippen LogP contribution in [0.25, 0.3) is 60.8 Å². The van der Waals surface area contributed by atoms with Crippen LogP contribution in [0.5, 0.6) is 17.2 Å². The summed E-state index contributed by atoms with van der Waals surface area (Å²) in [4.78, 5) is 19.8. The first-order chi connectivity index (χ1) is 30.3. The normalized spacial score (nSPS) is 13.9. The van der Waals surface area contributed by atoms with Crippen LogP contribution in [0.4, 0.5) is 5.13 Å². The number of fused-ring (bicyclic) bond motifs is 2. The highest BCUT2D eigenvalue weighted by Crippen LogP contribution is 2.38. The summed E-state index contributed by atoms with van der Waals surface area (Å²) in [6.07, 6.45) is 7.77. The molecule has 5 heterocycles. The predicted octanol–water partition coefficient (Wildman–Crippen LogP) is 14.5. The van der Waals surface area contributed by atoms with Crippen molar-refractivity contribution in [2.24, 2.45) is 5.92 Å². The first-order valence-corrected chi connectivity index (χ1v) is 23.3. The van der Waals surface area contributed by atoms with E-state index >= 15 is 0 Å². The van der Waals surface area contributed by atoms with E-state index in [0.717, 1.165) is 62.8 Å². The molecule has 1 aliphatic carbocycles. The summed E-state index contributed by atoms with van der Waals surface area (Å²) < 4.78 is 0. The number of hydrogen-bond acceptors (Lipinski definition) is 10. The van der Waals surface area contributed by atoms with Crippen LogP contribution in [0.2, 0.25) is 0 Å². The van der Waals surface area contributed by atoms with Crippen molar-refractivity contribution in [2.75, 3.05) is 18.0 Å². The lowest BCUT2D eigenvalue weighted by Gasteiger charge is -2.30. The van der Waals surface area contributed by atoms with Crippen LogP contribution in [-0.4, -0.2) is 48.3 Å². The molecule has 0 spiro atoms. The fraction of sp³-hybridized carbons (Fsp3) is 0.189. The van der Waals surface area contributed by atoms with E-state index in [9.17, 15) is 15.3 Å². The quantitative estimate of drug-likeness (QED) is 0.131. The number of aromatic hydroxyl groups is 3. The van der Waals surface area contributed by atoms with Gasteiger partial charge in [0, 0.05) is 80.2 Å². The monoisotopic (exact) mass is 903 g/mol. The molecule has 0 saturated carbocycles.